The molecule has 2 aromatic rings. The summed E-state index contributed by atoms with van der Waals surface area (Å²) in [5.74, 6) is -0.269. The highest BCUT2D eigenvalue weighted by Crippen LogP contribution is 2.35. The summed E-state index contributed by atoms with van der Waals surface area (Å²) in [7, 11) is 0. The zero-order valence-corrected chi connectivity index (χ0v) is 12.1. The lowest BCUT2D eigenvalue weighted by molar-refractivity contribution is 0.0754. The van der Waals surface area contributed by atoms with Crippen LogP contribution in [0.5, 0.6) is 17.2 Å². The Labute approximate surface area is 126 Å². The van der Waals surface area contributed by atoms with Crippen LogP contribution < -0.4 is 15.1 Å². The SMILES string of the molecule is CCOc1c(O)c2cccc(OCCC(O)CO)c2oc1=O. The Morgan fingerprint density at radius 1 is 1.32 bits per heavy atom. The van der Waals surface area contributed by atoms with Crippen LogP contribution in [0.3, 0.4) is 0 Å². The molecular formula is C15H18O7. The number of hydrogen-bond donors (Lipinski definition) is 3. The van der Waals surface area contributed by atoms with Crippen LogP contribution >= 0.6 is 0 Å². The third-order valence-electron chi connectivity index (χ3n) is 3.04. The van der Waals surface area contributed by atoms with E-state index in [1.54, 1.807) is 25.1 Å². The molecule has 1 heterocycles. The number of aromatic hydroxyl groups is 1. The minimum atomic E-state index is -0.875. The summed E-state index contributed by atoms with van der Waals surface area (Å²) in [6.07, 6.45) is -0.653. The monoisotopic (exact) mass is 310 g/mol. The lowest BCUT2D eigenvalue weighted by Crippen LogP contribution is -2.16. The Hall–Kier alpha value is -2.25. The molecule has 0 amide bonds. The Bertz CT molecular complexity index is 692. The second-order valence-corrected chi connectivity index (χ2v) is 4.61. The summed E-state index contributed by atoms with van der Waals surface area (Å²) < 4.78 is 15.7. The van der Waals surface area contributed by atoms with Gasteiger partial charge in [0.2, 0.25) is 5.75 Å². The Kier molecular flexibility index (Phi) is 5.24. The third-order valence-corrected chi connectivity index (χ3v) is 3.04. The van der Waals surface area contributed by atoms with E-state index in [-0.39, 0.29) is 49.1 Å². The van der Waals surface area contributed by atoms with Crippen molar-refractivity contribution in [3.63, 3.8) is 0 Å². The molecule has 1 unspecified atom stereocenters. The molecule has 0 spiro atoms. The lowest BCUT2D eigenvalue weighted by atomic mass is 10.2. The van der Waals surface area contributed by atoms with Gasteiger partial charge in [0, 0.05) is 6.42 Å². The van der Waals surface area contributed by atoms with Gasteiger partial charge < -0.3 is 29.2 Å². The average molecular weight is 310 g/mol. The van der Waals surface area contributed by atoms with E-state index < -0.39 is 11.7 Å². The molecule has 7 heteroatoms. The molecule has 0 saturated carbocycles. The van der Waals surface area contributed by atoms with Crippen LogP contribution in [0.25, 0.3) is 11.0 Å². The molecule has 0 fully saturated rings. The number of hydrogen-bond acceptors (Lipinski definition) is 7. The van der Waals surface area contributed by atoms with Crippen molar-refractivity contribution in [1.82, 2.24) is 0 Å². The van der Waals surface area contributed by atoms with Gasteiger partial charge in [-0.1, -0.05) is 6.07 Å². The molecule has 0 bridgehead atoms. The maximum Gasteiger partial charge on any atom is 0.383 e. The quantitative estimate of drug-likeness (QED) is 0.655. The smallest absolute Gasteiger partial charge is 0.383 e. The molecule has 22 heavy (non-hydrogen) atoms. The van der Waals surface area contributed by atoms with Crippen LogP contribution in [0.1, 0.15) is 13.3 Å². The number of aliphatic hydroxyl groups is 2. The summed E-state index contributed by atoms with van der Waals surface area (Å²) in [5.41, 5.74) is -0.690. The van der Waals surface area contributed by atoms with Gasteiger partial charge in [-0.05, 0) is 19.1 Å². The molecule has 2 rings (SSSR count). The zero-order chi connectivity index (χ0) is 16.1. The molecule has 120 valence electrons. The molecule has 0 aliphatic heterocycles. The average Bonchev–Trinajstić information content (AvgIpc) is 2.51. The van der Waals surface area contributed by atoms with Crippen LogP contribution in [-0.2, 0) is 0 Å². The van der Waals surface area contributed by atoms with Crippen molar-refractivity contribution in [2.24, 2.45) is 0 Å². The first kappa shape index (κ1) is 16.1. The van der Waals surface area contributed by atoms with Gasteiger partial charge in [-0.15, -0.1) is 0 Å². The summed E-state index contributed by atoms with van der Waals surface area (Å²) in [5, 5.41) is 28.4. The topological polar surface area (TPSA) is 109 Å². The van der Waals surface area contributed by atoms with Crippen molar-refractivity contribution in [1.29, 1.82) is 0 Å². The van der Waals surface area contributed by atoms with Gasteiger partial charge in [0.25, 0.3) is 0 Å². The Balaban J connectivity index is 2.35. The summed E-state index contributed by atoms with van der Waals surface area (Å²) >= 11 is 0. The fourth-order valence-electron chi connectivity index (χ4n) is 1.95. The van der Waals surface area contributed by atoms with Crippen molar-refractivity contribution < 1.29 is 29.2 Å². The molecular weight excluding hydrogens is 292 g/mol. The first-order chi connectivity index (χ1) is 10.6. The van der Waals surface area contributed by atoms with E-state index in [0.29, 0.717) is 5.39 Å². The predicted molar refractivity (Wildman–Crippen MR) is 78.5 cm³/mol. The zero-order valence-electron chi connectivity index (χ0n) is 12.1. The van der Waals surface area contributed by atoms with Gasteiger partial charge >= 0.3 is 5.63 Å². The minimum Gasteiger partial charge on any atom is -0.504 e. The maximum atomic E-state index is 11.8. The Morgan fingerprint density at radius 3 is 2.77 bits per heavy atom. The minimum absolute atomic E-state index is 0.104. The summed E-state index contributed by atoms with van der Waals surface area (Å²) in [4.78, 5) is 11.8. The van der Waals surface area contributed by atoms with E-state index in [0.717, 1.165) is 0 Å². The lowest BCUT2D eigenvalue weighted by Gasteiger charge is -2.12. The molecule has 0 radical (unpaired) electrons. The molecule has 0 saturated heterocycles. The summed E-state index contributed by atoms with van der Waals surface area (Å²) in [6.45, 7) is 1.68. The van der Waals surface area contributed by atoms with Gasteiger partial charge in [-0.25, -0.2) is 4.79 Å². The van der Waals surface area contributed by atoms with Gasteiger partial charge in [-0.3, -0.25) is 0 Å². The highest BCUT2D eigenvalue weighted by molar-refractivity contribution is 5.89. The van der Waals surface area contributed by atoms with Crippen molar-refractivity contribution in [3.8, 4) is 17.2 Å². The van der Waals surface area contributed by atoms with Crippen LogP contribution in [0.2, 0.25) is 0 Å². The van der Waals surface area contributed by atoms with E-state index >= 15 is 0 Å². The second-order valence-electron chi connectivity index (χ2n) is 4.61. The fraction of sp³-hybridized carbons (Fsp3) is 0.400. The maximum absolute atomic E-state index is 11.8. The molecule has 3 N–H and O–H groups in total. The number of ether oxygens (including phenoxy) is 2. The summed E-state index contributed by atoms with van der Waals surface area (Å²) in [6, 6.07) is 4.79. The molecule has 0 aliphatic carbocycles. The van der Waals surface area contributed by atoms with Crippen molar-refractivity contribution in [2.45, 2.75) is 19.4 Å². The third kappa shape index (κ3) is 3.32. The van der Waals surface area contributed by atoms with Crippen LogP contribution in [0, 0.1) is 0 Å². The van der Waals surface area contributed by atoms with Crippen molar-refractivity contribution >= 4 is 11.0 Å². The van der Waals surface area contributed by atoms with Crippen molar-refractivity contribution in [2.75, 3.05) is 19.8 Å². The standard InChI is InChI=1S/C15H18O7/c1-2-20-14-12(18)10-4-3-5-11(13(10)22-15(14)19)21-7-6-9(17)8-16/h3-5,9,16-18H,2,6-8H2,1H3. The molecule has 1 aromatic carbocycles. The van der Waals surface area contributed by atoms with E-state index in [9.17, 15) is 15.0 Å². The van der Waals surface area contributed by atoms with E-state index in [4.69, 9.17) is 19.0 Å². The number of fused-ring (bicyclic) bond motifs is 1. The van der Waals surface area contributed by atoms with Crippen LogP contribution in [-0.4, -0.2) is 41.2 Å². The highest BCUT2D eigenvalue weighted by atomic mass is 16.5. The number of aliphatic hydroxyl groups excluding tert-OH is 2. The molecule has 0 aliphatic rings. The van der Waals surface area contributed by atoms with E-state index in [1.165, 1.54) is 0 Å². The van der Waals surface area contributed by atoms with Crippen molar-refractivity contribution in [3.05, 3.63) is 28.6 Å². The largest absolute Gasteiger partial charge is 0.504 e. The highest BCUT2D eigenvalue weighted by Gasteiger charge is 2.17. The molecule has 1 aromatic heterocycles. The molecule has 7 nitrogen and oxygen atoms in total. The first-order valence-corrected chi connectivity index (χ1v) is 6.91. The van der Waals surface area contributed by atoms with E-state index in [2.05, 4.69) is 0 Å². The van der Waals surface area contributed by atoms with E-state index in [1.807, 2.05) is 0 Å². The van der Waals surface area contributed by atoms with Crippen LogP contribution in [0.4, 0.5) is 0 Å². The first-order valence-electron chi connectivity index (χ1n) is 6.91. The fourth-order valence-corrected chi connectivity index (χ4v) is 1.95. The van der Waals surface area contributed by atoms with Crippen LogP contribution in [0.15, 0.2) is 27.4 Å². The number of para-hydroxylation sites is 1. The van der Waals surface area contributed by atoms with Gasteiger partial charge in [0.1, 0.15) is 0 Å². The predicted octanol–water partition coefficient (Wildman–Crippen LogP) is 1.02. The molecule has 1 atom stereocenters. The van der Waals surface area contributed by atoms with Gasteiger partial charge in [0.05, 0.1) is 31.3 Å². The van der Waals surface area contributed by atoms with Gasteiger partial charge in [-0.2, -0.15) is 0 Å². The second kappa shape index (κ2) is 7.15. The normalized spacial score (nSPS) is 12.3. The number of benzene rings is 1. The number of rotatable bonds is 7. The Morgan fingerprint density at radius 2 is 2.09 bits per heavy atom. The van der Waals surface area contributed by atoms with Gasteiger partial charge in [0.15, 0.2) is 17.1 Å².